The summed E-state index contributed by atoms with van der Waals surface area (Å²) in [6.07, 6.45) is 2.96. The Morgan fingerprint density at radius 2 is 1.82 bits per heavy atom. The summed E-state index contributed by atoms with van der Waals surface area (Å²) in [7, 11) is 1.55. The van der Waals surface area contributed by atoms with Crippen LogP contribution < -0.4 is 26.4 Å². The predicted molar refractivity (Wildman–Crippen MR) is 139 cm³/mol. The summed E-state index contributed by atoms with van der Waals surface area (Å²) >= 11 is 0. The van der Waals surface area contributed by atoms with Crippen LogP contribution in [0.3, 0.4) is 0 Å². The molecular formula is C26H38N6O6. The van der Waals surface area contributed by atoms with Crippen molar-refractivity contribution in [1.29, 1.82) is 0 Å². The number of fused-ring (bicyclic) bond motifs is 1. The molecule has 1 saturated heterocycles. The second-order valence-corrected chi connectivity index (χ2v) is 9.65. The third-order valence-electron chi connectivity index (χ3n) is 6.69. The number of likely N-dealkylation sites (N-methyl/N-ethyl adjacent to an activating group) is 1. The Morgan fingerprint density at radius 3 is 2.55 bits per heavy atom. The fraction of sp³-hybridized carbons (Fsp3) is 0.577. The summed E-state index contributed by atoms with van der Waals surface area (Å²) in [5.74, 6) is -2.40. The number of nitrogens with one attached hydrogen (secondary N) is 3. The minimum Gasteiger partial charge on any atom is -0.491 e. The highest BCUT2D eigenvalue weighted by atomic mass is 16.5. The summed E-state index contributed by atoms with van der Waals surface area (Å²) < 4.78 is 5.78. The molecule has 0 aliphatic carbocycles. The zero-order chi connectivity index (χ0) is 27.5. The van der Waals surface area contributed by atoms with Gasteiger partial charge in [0.15, 0.2) is 0 Å². The minimum atomic E-state index is -1.19. The largest absolute Gasteiger partial charge is 0.491 e. The SMILES string of the molecule is CN1CCOc2ccccc2C(=O)N[C@H](C(=O)NCCN2CCCCC2)CC(=O)N[C@@H](CCC(N)=O)C1=O. The molecule has 1 fully saturated rings. The van der Waals surface area contributed by atoms with Crippen LogP contribution in [0.25, 0.3) is 0 Å². The molecule has 0 bridgehead atoms. The zero-order valence-corrected chi connectivity index (χ0v) is 21.9. The summed E-state index contributed by atoms with van der Waals surface area (Å²) in [6, 6.07) is 4.36. The van der Waals surface area contributed by atoms with E-state index in [-0.39, 0.29) is 31.6 Å². The van der Waals surface area contributed by atoms with Crippen LogP contribution in [-0.4, -0.2) is 97.8 Å². The molecule has 2 heterocycles. The molecule has 2 aliphatic rings. The molecule has 1 aromatic rings. The first-order valence-corrected chi connectivity index (χ1v) is 13.1. The number of primary amides is 1. The van der Waals surface area contributed by atoms with Crippen molar-refractivity contribution in [3.8, 4) is 5.75 Å². The van der Waals surface area contributed by atoms with E-state index in [1.807, 2.05) is 0 Å². The minimum absolute atomic E-state index is 0.00694. The Kier molecular flexibility index (Phi) is 10.9. The molecule has 0 saturated carbocycles. The van der Waals surface area contributed by atoms with Crippen LogP contribution in [0.1, 0.15) is 48.9 Å². The number of nitrogens with zero attached hydrogens (tertiary/aromatic N) is 2. The number of nitrogens with two attached hydrogens (primary N) is 1. The van der Waals surface area contributed by atoms with E-state index in [9.17, 15) is 24.0 Å². The Balaban J connectivity index is 1.78. The molecular weight excluding hydrogens is 492 g/mol. The van der Waals surface area contributed by atoms with E-state index in [1.165, 1.54) is 11.3 Å². The van der Waals surface area contributed by atoms with E-state index >= 15 is 0 Å². The Bertz CT molecular complexity index is 1010. The molecule has 0 aromatic heterocycles. The molecule has 1 aromatic carbocycles. The van der Waals surface area contributed by atoms with Crippen LogP contribution >= 0.6 is 0 Å². The summed E-state index contributed by atoms with van der Waals surface area (Å²) in [5.41, 5.74) is 5.47. The molecule has 208 valence electrons. The van der Waals surface area contributed by atoms with Crippen molar-refractivity contribution in [2.75, 3.05) is 46.4 Å². The number of likely N-dealkylation sites (tertiary alicyclic amines) is 1. The first-order valence-electron chi connectivity index (χ1n) is 13.1. The molecule has 2 aliphatic heterocycles. The molecule has 38 heavy (non-hydrogen) atoms. The maximum Gasteiger partial charge on any atom is 0.255 e. The second-order valence-electron chi connectivity index (χ2n) is 9.65. The van der Waals surface area contributed by atoms with Gasteiger partial charge in [0.25, 0.3) is 5.91 Å². The van der Waals surface area contributed by atoms with Gasteiger partial charge in [0.1, 0.15) is 24.4 Å². The van der Waals surface area contributed by atoms with Gasteiger partial charge in [0, 0.05) is 26.6 Å². The standard InChI is InChI=1S/C26H38N6O6/c1-31-15-16-38-21-8-4-3-7-18(21)24(35)30-20(25(36)28-11-14-32-12-5-2-6-13-32)17-23(34)29-19(26(31)37)9-10-22(27)33/h3-4,7-8,19-20H,2,5-6,9-17H2,1H3,(H2,27,33)(H,28,36)(H,29,34)(H,30,35)/t19-,20-/m0/s1. The van der Waals surface area contributed by atoms with Crippen LogP contribution in [-0.2, 0) is 19.2 Å². The number of amides is 5. The Labute approximate surface area is 222 Å². The van der Waals surface area contributed by atoms with Crippen LogP contribution in [0.15, 0.2) is 24.3 Å². The lowest BCUT2D eigenvalue weighted by molar-refractivity contribution is -0.136. The maximum atomic E-state index is 13.1. The fourth-order valence-electron chi connectivity index (χ4n) is 4.52. The van der Waals surface area contributed by atoms with Gasteiger partial charge in [-0.15, -0.1) is 0 Å². The van der Waals surface area contributed by atoms with E-state index in [2.05, 4.69) is 20.9 Å². The number of hydrogen-bond acceptors (Lipinski definition) is 7. The van der Waals surface area contributed by atoms with Gasteiger partial charge >= 0.3 is 0 Å². The van der Waals surface area contributed by atoms with Gasteiger partial charge in [-0.2, -0.15) is 0 Å². The lowest BCUT2D eigenvalue weighted by atomic mass is 10.1. The average molecular weight is 531 g/mol. The summed E-state index contributed by atoms with van der Waals surface area (Å²) in [4.78, 5) is 67.3. The van der Waals surface area contributed by atoms with E-state index in [4.69, 9.17) is 10.5 Å². The van der Waals surface area contributed by atoms with E-state index in [1.54, 1.807) is 31.3 Å². The average Bonchev–Trinajstić information content (AvgIpc) is 2.90. The number of para-hydroxylation sites is 1. The Hall–Kier alpha value is -3.67. The van der Waals surface area contributed by atoms with Crippen molar-refractivity contribution in [3.05, 3.63) is 29.8 Å². The van der Waals surface area contributed by atoms with Crippen LogP contribution in [0.2, 0.25) is 0 Å². The van der Waals surface area contributed by atoms with Crippen molar-refractivity contribution in [1.82, 2.24) is 25.8 Å². The van der Waals surface area contributed by atoms with Gasteiger partial charge in [0.2, 0.25) is 23.6 Å². The summed E-state index contributed by atoms with van der Waals surface area (Å²) in [5, 5.41) is 8.09. The first kappa shape index (κ1) is 28.9. The number of rotatable bonds is 7. The molecule has 0 unspecified atom stereocenters. The zero-order valence-electron chi connectivity index (χ0n) is 21.9. The van der Waals surface area contributed by atoms with Crippen molar-refractivity contribution in [3.63, 3.8) is 0 Å². The van der Waals surface area contributed by atoms with Crippen molar-refractivity contribution < 1.29 is 28.7 Å². The van der Waals surface area contributed by atoms with E-state index in [0.29, 0.717) is 18.8 Å². The van der Waals surface area contributed by atoms with Gasteiger partial charge < -0.3 is 36.2 Å². The maximum absolute atomic E-state index is 13.1. The monoisotopic (exact) mass is 530 g/mol. The van der Waals surface area contributed by atoms with Gasteiger partial charge in [-0.05, 0) is 44.5 Å². The molecule has 12 heteroatoms. The predicted octanol–water partition coefficient (Wildman–Crippen LogP) is -0.622. The smallest absolute Gasteiger partial charge is 0.255 e. The molecule has 0 radical (unpaired) electrons. The van der Waals surface area contributed by atoms with Crippen LogP contribution in [0, 0.1) is 0 Å². The van der Waals surface area contributed by atoms with E-state index in [0.717, 1.165) is 25.9 Å². The van der Waals surface area contributed by atoms with Gasteiger partial charge in [-0.1, -0.05) is 18.6 Å². The van der Waals surface area contributed by atoms with Gasteiger partial charge in [-0.25, -0.2) is 0 Å². The van der Waals surface area contributed by atoms with Crippen molar-refractivity contribution in [2.45, 2.75) is 50.6 Å². The third-order valence-corrected chi connectivity index (χ3v) is 6.69. The number of piperidine rings is 1. The molecule has 12 nitrogen and oxygen atoms in total. The molecule has 0 spiro atoms. The second kappa shape index (κ2) is 14.3. The van der Waals surface area contributed by atoms with Gasteiger partial charge in [-0.3, -0.25) is 24.0 Å². The topological polar surface area (TPSA) is 163 Å². The van der Waals surface area contributed by atoms with Crippen molar-refractivity contribution in [2.24, 2.45) is 5.73 Å². The molecule has 5 N–H and O–H groups in total. The highest BCUT2D eigenvalue weighted by Crippen LogP contribution is 2.19. The summed E-state index contributed by atoms with van der Waals surface area (Å²) in [6.45, 7) is 3.26. The third kappa shape index (κ3) is 8.72. The number of ether oxygens (including phenoxy) is 1. The lowest BCUT2D eigenvalue weighted by Gasteiger charge is -2.27. The first-order chi connectivity index (χ1) is 18.2. The molecule has 5 amide bonds. The van der Waals surface area contributed by atoms with E-state index < -0.39 is 48.0 Å². The van der Waals surface area contributed by atoms with Gasteiger partial charge in [0.05, 0.1) is 18.5 Å². The molecule has 3 rings (SSSR count). The van der Waals surface area contributed by atoms with Crippen LogP contribution in [0.5, 0.6) is 5.75 Å². The van der Waals surface area contributed by atoms with Crippen LogP contribution in [0.4, 0.5) is 0 Å². The fourth-order valence-corrected chi connectivity index (χ4v) is 4.52. The molecule has 2 atom stereocenters. The number of benzene rings is 1. The highest BCUT2D eigenvalue weighted by Gasteiger charge is 2.30. The number of carbonyl (C=O) groups is 5. The highest BCUT2D eigenvalue weighted by molar-refractivity contribution is 6.01. The Morgan fingerprint density at radius 1 is 1.08 bits per heavy atom. The quantitative estimate of drug-likeness (QED) is 0.365. The number of hydrogen-bond donors (Lipinski definition) is 4. The number of carbonyl (C=O) groups excluding carboxylic acids is 5. The normalized spacial score (nSPS) is 21.8. The van der Waals surface area contributed by atoms with Crippen molar-refractivity contribution >= 4 is 29.5 Å². The lowest BCUT2D eigenvalue weighted by Crippen LogP contribution is -2.53.